The van der Waals surface area contributed by atoms with Crippen LogP contribution in [0.5, 0.6) is 28.7 Å². The minimum absolute atomic E-state index is 0.0174. The molecule has 2 aliphatic heterocycles. The number of benzene rings is 4. The van der Waals surface area contributed by atoms with Gasteiger partial charge >= 0.3 is 18.1 Å². The monoisotopic (exact) mass is 1030 g/mol. The lowest BCUT2D eigenvalue weighted by atomic mass is 9.84. The Morgan fingerprint density at radius 3 is 1.67 bits per heavy atom. The van der Waals surface area contributed by atoms with Crippen LogP contribution in [0.25, 0.3) is 0 Å². The Morgan fingerprint density at radius 2 is 1.12 bits per heavy atom. The molecule has 4 aromatic carbocycles. The van der Waals surface area contributed by atoms with Crippen LogP contribution < -0.4 is 29.4 Å². The van der Waals surface area contributed by atoms with Gasteiger partial charge < -0.3 is 63.2 Å². The summed E-state index contributed by atoms with van der Waals surface area (Å²) >= 11 is 1.31. The zero-order chi connectivity index (χ0) is 53.1. The number of nitrogens with two attached hydrogens (primary N) is 1. The van der Waals surface area contributed by atoms with E-state index in [1.54, 1.807) is 35.5 Å². The van der Waals surface area contributed by atoms with Gasteiger partial charge in [-0.15, -0.1) is 11.8 Å². The number of thioether (sulfide) groups is 1. The summed E-state index contributed by atoms with van der Waals surface area (Å²) in [4.78, 5) is 43.3. The first kappa shape index (κ1) is 58.2. The number of aliphatic hydroxyl groups is 3. The average molecular weight is 1030 g/mol. The molecule has 17 nitrogen and oxygen atoms in total. The highest BCUT2D eigenvalue weighted by Gasteiger charge is 2.41. The number of quaternary nitrogens is 2. The fourth-order valence-corrected chi connectivity index (χ4v) is 11.3. The van der Waals surface area contributed by atoms with E-state index in [9.17, 15) is 24.9 Å². The lowest BCUT2D eigenvalue weighted by Crippen LogP contribution is -2.52. The first-order valence-electron chi connectivity index (χ1n) is 24.6. The minimum Gasteiger partial charge on any atom is -0.496 e. The predicted molar refractivity (Wildman–Crippen MR) is 275 cm³/mol. The van der Waals surface area contributed by atoms with Crippen molar-refractivity contribution in [2.75, 3.05) is 101 Å². The van der Waals surface area contributed by atoms with Gasteiger partial charge in [-0.25, -0.2) is 0 Å². The maximum Gasteiger partial charge on any atom is 0.373 e. The number of hydrogen-bond donors (Lipinski definition) is 4. The molecule has 0 fully saturated rings. The molecule has 0 saturated carbocycles. The van der Waals surface area contributed by atoms with Gasteiger partial charge in [-0.1, -0.05) is 24.3 Å². The number of ether oxygens (including phenoxy) is 7. The molecule has 5 atom stereocenters. The highest BCUT2D eigenvalue weighted by Crippen LogP contribution is 2.44. The van der Waals surface area contributed by atoms with Crippen LogP contribution in [0, 0.1) is 0 Å². The van der Waals surface area contributed by atoms with Gasteiger partial charge in [-0.3, -0.25) is 9.59 Å². The van der Waals surface area contributed by atoms with E-state index in [0.29, 0.717) is 86.9 Å². The molecule has 1 unspecified atom stereocenters. The highest BCUT2D eigenvalue weighted by atomic mass is 32.2. The average Bonchev–Trinajstić information content (AvgIpc) is 3.40. The second kappa shape index (κ2) is 28.1. The third-order valence-corrected chi connectivity index (χ3v) is 15.7. The van der Waals surface area contributed by atoms with Crippen molar-refractivity contribution < 1.29 is 76.6 Å². The SMILES string of the molecule is COc1cc(C[C@@H]2c3cc(CO)c(CO)cc3CC[N@@+]2(C)CCCOC(=O)C(CC(=O)OCCC[N@+]2(C)CCc3cc(OC)c(OC)cc3[C@H]2Cc2ccc(OC)c(OC)c2)SCCN)ccc1CO.O=C=O. The van der Waals surface area contributed by atoms with E-state index in [2.05, 4.69) is 32.3 Å². The van der Waals surface area contributed by atoms with Crippen molar-refractivity contribution in [2.45, 2.75) is 82.1 Å². The summed E-state index contributed by atoms with van der Waals surface area (Å²) in [6.45, 7) is 3.38. The first-order valence-corrected chi connectivity index (χ1v) is 25.7. The van der Waals surface area contributed by atoms with Crippen LogP contribution in [0.1, 0.15) is 81.4 Å². The standard InChI is InChI=1S/C54H75N3O12S.CO2/c1-56(19-14-38-28-41(34-59)42(35-60)29-43(38)45(56)24-36-10-12-40(33-58)48(26-36)64-4)18-9-22-69-54(62)52(70-23-16-55)32-53(61)68-21-8-17-57(2)20-15-39-30-50(66-6)51(67-7)31-44(39)46(57)25-37-11-13-47(63-3)49(27-37)65-5;2-1-3/h10-13,26-31,45-46,52,58-60H,8-9,14-25,32-35,55H2,1-7H3;/q+2;/t45-,46-,52?,56-,57-;/m1./s1. The summed E-state index contributed by atoms with van der Waals surface area (Å²) in [5.41, 5.74) is 14.8. The molecule has 73 heavy (non-hydrogen) atoms. The molecular weight excluding hydrogens is 959 g/mol. The number of carbonyl (C=O) groups is 2. The summed E-state index contributed by atoms with van der Waals surface area (Å²) in [6, 6.07) is 20.2. The van der Waals surface area contributed by atoms with Crippen LogP contribution in [0.15, 0.2) is 60.7 Å². The van der Waals surface area contributed by atoms with Gasteiger partial charge in [-0.2, -0.15) is 9.59 Å². The molecule has 5 N–H and O–H groups in total. The van der Waals surface area contributed by atoms with Crippen molar-refractivity contribution in [3.8, 4) is 28.7 Å². The van der Waals surface area contributed by atoms with E-state index in [1.165, 1.54) is 22.9 Å². The summed E-state index contributed by atoms with van der Waals surface area (Å²) in [7, 11) is 12.6. The molecule has 0 aromatic heterocycles. The topological polar surface area (TPSA) is 220 Å². The Labute approximate surface area is 433 Å². The Balaban J connectivity index is 0.00000321. The van der Waals surface area contributed by atoms with Crippen molar-refractivity contribution in [1.82, 2.24) is 0 Å². The third-order valence-electron chi connectivity index (χ3n) is 14.5. The molecule has 18 heteroatoms. The lowest BCUT2D eigenvalue weighted by molar-refractivity contribution is -0.941. The summed E-state index contributed by atoms with van der Waals surface area (Å²) in [6.07, 6.45) is 4.33. The van der Waals surface area contributed by atoms with E-state index in [1.807, 2.05) is 42.5 Å². The van der Waals surface area contributed by atoms with Crippen molar-refractivity contribution >= 4 is 29.9 Å². The molecule has 0 radical (unpaired) electrons. The Kier molecular flexibility index (Phi) is 22.4. The fraction of sp³-hybridized carbons (Fsp3) is 0.509. The molecule has 0 saturated heterocycles. The number of aliphatic hydroxyl groups excluding tert-OH is 3. The van der Waals surface area contributed by atoms with E-state index in [4.69, 9.17) is 48.5 Å². The molecule has 0 bridgehead atoms. The smallest absolute Gasteiger partial charge is 0.373 e. The predicted octanol–water partition coefficient (Wildman–Crippen LogP) is 5.21. The Bertz CT molecular complexity index is 2500. The van der Waals surface area contributed by atoms with E-state index in [-0.39, 0.29) is 57.7 Å². The van der Waals surface area contributed by atoms with Crippen molar-refractivity contribution in [3.63, 3.8) is 0 Å². The fourth-order valence-electron chi connectivity index (χ4n) is 10.4. The molecule has 0 spiro atoms. The zero-order valence-electron chi connectivity index (χ0n) is 43.4. The number of esters is 2. The van der Waals surface area contributed by atoms with E-state index in [0.717, 1.165) is 66.7 Å². The second-order valence-electron chi connectivity index (χ2n) is 18.9. The Morgan fingerprint density at radius 1 is 0.644 bits per heavy atom. The molecule has 4 aromatic rings. The minimum atomic E-state index is -0.758. The van der Waals surface area contributed by atoms with Gasteiger partial charge in [-0.05, 0) is 69.8 Å². The van der Waals surface area contributed by atoms with Gasteiger partial charge in [0.15, 0.2) is 23.0 Å². The molecule has 2 heterocycles. The molecule has 398 valence electrons. The number of nitrogens with zero attached hydrogens (tertiary/aromatic N) is 2. The van der Waals surface area contributed by atoms with Gasteiger partial charge in [0.1, 0.15) is 23.1 Å². The van der Waals surface area contributed by atoms with E-state index < -0.39 is 17.2 Å². The summed E-state index contributed by atoms with van der Waals surface area (Å²) < 4.78 is 41.3. The normalized spacial score (nSPS) is 19.2. The summed E-state index contributed by atoms with van der Waals surface area (Å²) in [5, 5.41) is 29.4. The van der Waals surface area contributed by atoms with Gasteiger partial charge in [0.25, 0.3) is 0 Å². The molecular formula is C55H75N3O14S+2. The van der Waals surface area contributed by atoms with Gasteiger partial charge in [0.05, 0.1) is 115 Å². The second-order valence-corrected chi connectivity index (χ2v) is 20.2. The number of fused-ring (bicyclic) bond motifs is 2. The number of likely N-dealkylation sites (N-methyl/N-ethyl adjacent to an activating group) is 2. The number of hydrogen-bond acceptors (Lipinski definition) is 16. The maximum absolute atomic E-state index is 13.7. The third kappa shape index (κ3) is 14.8. The number of methoxy groups -OCH3 is 5. The van der Waals surface area contributed by atoms with E-state index >= 15 is 0 Å². The molecule has 2 aliphatic rings. The lowest BCUT2D eigenvalue weighted by Gasteiger charge is -2.46. The van der Waals surface area contributed by atoms with Crippen LogP contribution in [0.2, 0.25) is 0 Å². The van der Waals surface area contributed by atoms with Crippen molar-refractivity contribution in [1.29, 1.82) is 0 Å². The van der Waals surface area contributed by atoms with Crippen molar-refractivity contribution in [3.05, 3.63) is 111 Å². The van der Waals surface area contributed by atoms with Crippen LogP contribution in [-0.4, -0.2) is 149 Å². The van der Waals surface area contributed by atoms with Gasteiger partial charge in [0, 0.05) is 67.5 Å². The van der Waals surface area contributed by atoms with Crippen LogP contribution in [-0.2, 0) is 74.2 Å². The highest BCUT2D eigenvalue weighted by molar-refractivity contribution is 8.00. The molecule has 0 aliphatic carbocycles. The van der Waals surface area contributed by atoms with Crippen LogP contribution >= 0.6 is 11.8 Å². The van der Waals surface area contributed by atoms with Gasteiger partial charge in [0.2, 0.25) is 0 Å². The molecule has 6 rings (SSSR count). The zero-order valence-corrected chi connectivity index (χ0v) is 44.3. The number of carbonyl (C=O) groups excluding carboxylic acids is 4. The van der Waals surface area contributed by atoms with Crippen LogP contribution in [0.4, 0.5) is 0 Å². The van der Waals surface area contributed by atoms with Crippen LogP contribution in [0.3, 0.4) is 0 Å². The summed E-state index contributed by atoms with van der Waals surface area (Å²) in [5.74, 6) is 2.89. The van der Waals surface area contributed by atoms with Crippen molar-refractivity contribution in [2.24, 2.45) is 5.73 Å². The Hall–Kier alpha value is -5.69. The molecule has 0 amide bonds. The first-order chi connectivity index (χ1) is 35.2. The number of rotatable bonds is 26. The maximum atomic E-state index is 13.7. The largest absolute Gasteiger partial charge is 0.496 e. The quantitative estimate of drug-likeness (QED) is 0.0360.